The van der Waals surface area contributed by atoms with E-state index in [1.807, 2.05) is 6.07 Å². The van der Waals surface area contributed by atoms with Crippen LogP contribution in [-0.2, 0) is 19.6 Å². The van der Waals surface area contributed by atoms with Gasteiger partial charge in [0, 0.05) is 26.7 Å². The maximum absolute atomic E-state index is 12.6. The van der Waals surface area contributed by atoms with Crippen molar-refractivity contribution in [3.63, 3.8) is 0 Å². The first kappa shape index (κ1) is 22.6. The molecule has 9 heteroatoms. The molecule has 0 aliphatic rings. The second-order valence-electron chi connectivity index (χ2n) is 6.36. The van der Waals surface area contributed by atoms with E-state index in [9.17, 15) is 18.0 Å². The van der Waals surface area contributed by atoms with Gasteiger partial charge in [0.25, 0.3) is 5.91 Å². The van der Waals surface area contributed by atoms with Crippen molar-refractivity contribution in [3.05, 3.63) is 29.8 Å². The quantitative estimate of drug-likeness (QED) is 0.619. The van der Waals surface area contributed by atoms with Gasteiger partial charge in [-0.1, -0.05) is 6.07 Å². The van der Waals surface area contributed by atoms with E-state index in [1.165, 1.54) is 54.5 Å². The average Bonchev–Trinajstić information content (AvgIpc) is 2.64. The molecule has 0 N–H and O–H groups in total. The van der Waals surface area contributed by atoms with Gasteiger partial charge in [-0.05, 0) is 39.0 Å². The normalized spacial score (nSPS) is 12.5. The van der Waals surface area contributed by atoms with Crippen molar-refractivity contribution in [1.82, 2.24) is 9.21 Å². The highest BCUT2D eigenvalue weighted by atomic mass is 32.2. The minimum atomic E-state index is -3.74. The SMILES string of the molecule is CC(C)N(C)S(=O)(=O)c1cccc(C(=O)O[C@H](C)C(=O)N(C)CCC#N)c1. The summed E-state index contributed by atoms with van der Waals surface area (Å²) in [6, 6.07) is 7.19. The van der Waals surface area contributed by atoms with Crippen molar-refractivity contribution in [2.75, 3.05) is 20.6 Å². The van der Waals surface area contributed by atoms with Crippen molar-refractivity contribution < 1.29 is 22.7 Å². The van der Waals surface area contributed by atoms with Crippen LogP contribution in [0.4, 0.5) is 0 Å². The van der Waals surface area contributed by atoms with Crippen LogP contribution in [0.1, 0.15) is 37.6 Å². The fraction of sp³-hybridized carbons (Fsp3) is 0.500. The van der Waals surface area contributed by atoms with Crippen molar-refractivity contribution in [3.8, 4) is 6.07 Å². The van der Waals surface area contributed by atoms with Crippen LogP contribution in [-0.4, -0.2) is 62.3 Å². The van der Waals surface area contributed by atoms with E-state index in [1.54, 1.807) is 13.8 Å². The molecule has 0 saturated heterocycles. The van der Waals surface area contributed by atoms with Gasteiger partial charge in [0.1, 0.15) is 0 Å². The number of carbonyl (C=O) groups is 2. The summed E-state index contributed by atoms with van der Waals surface area (Å²) in [6.07, 6.45) is -0.883. The molecule has 1 amide bonds. The number of hydrogen-bond donors (Lipinski definition) is 0. The van der Waals surface area contributed by atoms with Crippen molar-refractivity contribution in [1.29, 1.82) is 5.26 Å². The fourth-order valence-corrected chi connectivity index (χ4v) is 3.56. The molecule has 0 unspecified atom stereocenters. The predicted octanol–water partition coefficient (Wildman–Crippen LogP) is 1.63. The summed E-state index contributed by atoms with van der Waals surface area (Å²) in [4.78, 5) is 25.7. The first-order valence-corrected chi connectivity index (χ1v) is 9.87. The molecule has 1 atom stereocenters. The Balaban J connectivity index is 2.94. The van der Waals surface area contributed by atoms with Gasteiger partial charge in [-0.15, -0.1) is 0 Å². The minimum Gasteiger partial charge on any atom is -0.449 e. The number of nitrogens with zero attached hydrogens (tertiary/aromatic N) is 3. The molecule has 27 heavy (non-hydrogen) atoms. The zero-order valence-electron chi connectivity index (χ0n) is 16.2. The van der Waals surface area contributed by atoms with Crippen LogP contribution < -0.4 is 0 Å². The Morgan fingerprint density at radius 3 is 2.41 bits per heavy atom. The number of hydrogen-bond acceptors (Lipinski definition) is 6. The standard InChI is InChI=1S/C18H25N3O5S/c1-13(2)21(5)27(24,25)16-9-6-8-15(12-16)18(23)26-14(3)17(22)20(4)11-7-10-19/h6,8-9,12-14H,7,11H2,1-5H3/t14-/m1/s1. The second-order valence-corrected chi connectivity index (χ2v) is 8.36. The molecular weight excluding hydrogens is 370 g/mol. The molecule has 148 valence electrons. The van der Waals surface area contributed by atoms with Crippen molar-refractivity contribution >= 4 is 21.9 Å². The van der Waals surface area contributed by atoms with Gasteiger partial charge in [-0.25, -0.2) is 13.2 Å². The molecular formula is C18H25N3O5S. The van der Waals surface area contributed by atoms with Gasteiger partial charge in [0.15, 0.2) is 6.10 Å². The summed E-state index contributed by atoms with van der Waals surface area (Å²) in [6.45, 7) is 5.14. The monoisotopic (exact) mass is 395 g/mol. The molecule has 8 nitrogen and oxygen atoms in total. The van der Waals surface area contributed by atoms with Crippen molar-refractivity contribution in [2.45, 2.75) is 44.2 Å². The van der Waals surface area contributed by atoms with Crippen molar-refractivity contribution in [2.24, 2.45) is 0 Å². The summed E-state index contributed by atoms with van der Waals surface area (Å²) >= 11 is 0. The second kappa shape index (κ2) is 9.48. The first-order chi connectivity index (χ1) is 12.5. The molecule has 1 aromatic rings. The Hall–Kier alpha value is -2.44. The highest BCUT2D eigenvalue weighted by Gasteiger charge is 2.26. The lowest BCUT2D eigenvalue weighted by Gasteiger charge is -2.22. The molecule has 1 rings (SSSR count). The summed E-state index contributed by atoms with van der Waals surface area (Å²) in [5.74, 6) is -1.24. The fourth-order valence-electron chi connectivity index (χ4n) is 2.14. The number of amides is 1. The molecule has 0 fully saturated rings. The average molecular weight is 395 g/mol. The van der Waals surface area contributed by atoms with Gasteiger partial charge in [0.2, 0.25) is 10.0 Å². The topological polar surface area (TPSA) is 108 Å². The molecule has 0 heterocycles. The van der Waals surface area contributed by atoms with E-state index in [2.05, 4.69) is 0 Å². The molecule has 0 saturated carbocycles. The Morgan fingerprint density at radius 2 is 1.85 bits per heavy atom. The lowest BCUT2D eigenvalue weighted by atomic mass is 10.2. The highest BCUT2D eigenvalue weighted by molar-refractivity contribution is 7.89. The van der Waals surface area contributed by atoms with E-state index in [4.69, 9.17) is 10.00 Å². The first-order valence-electron chi connectivity index (χ1n) is 8.43. The minimum absolute atomic E-state index is 0.0294. The molecule has 0 spiro atoms. The van der Waals surface area contributed by atoms with Gasteiger partial charge < -0.3 is 9.64 Å². The van der Waals surface area contributed by atoms with E-state index >= 15 is 0 Å². The molecule has 0 bridgehead atoms. The third-order valence-corrected chi connectivity index (χ3v) is 6.07. The maximum atomic E-state index is 12.6. The highest BCUT2D eigenvalue weighted by Crippen LogP contribution is 2.18. The van der Waals surface area contributed by atoms with Crippen LogP contribution in [0, 0.1) is 11.3 Å². The van der Waals surface area contributed by atoms with Gasteiger partial charge in [0.05, 0.1) is 22.9 Å². The van der Waals surface area contributed by atoms with E-state index in [-0.39, 0.29) is 29.5 Å². The Kier molecular flexibility index (Phi) is 7.94. The molecule has 1 aromatic carbocycles. The Labute approximate surface area is 160 Å². The number of esters is 1. The van der Waals surface area contributed by atoms with Crippen LogP contribution in [0.2, 0.25) is 0 Å². The van der Waals surface area contributed by atoms with E-state index in [0.717, 1.165) is 0 Å². The maximum Gasteiger partial charge on any atom is 0.338 e. The summed E-state index contributed by atoms with van der Waals surface area (Å²) in [7, 11) is -0.769. The third-order valence-electron chi connectivity index (χ3n) is 4.04. The largest absolute Gasteiger partial charge is 0.449 e. The molecule has 0 aromatic heterocycles. The van der Waals surface area contributed by atoms with E-state index in [0.29, 0.717) is 0 Å². The summed E-state index contributed by atoms with van der Waals surface area (Å²) in [5, 5.41) is 8.57. The predicted molar refractivity (Wildman–Crippen MR) is 99.3 cm³/mol. The zero-order valence-corrected chi connectivity index (χ0v) is 17.0. The molecule has 0 radical (unpaired) electrons. The number of sulfonamides is 1. The number of benzene rings is 1. The summed E-state index contributed by atoms with van der Waals surface area (Å²) < 4.78 is 31.5. The van der Waals surface area contributed by atoms with Crippen LogP contribution in [0.5, 0.6) is 0 Å². The van der Waals surface area contributed by atoms with E-state index < -0.39 is 28.0 Å². The van der Waals surface area contributed by atoms with Crippen LogP contribution in [0.3, 0.4) is 0 Å². The van der Waals surface area contributed by atoms with Gasteiger partial charge >= 0.3 is 5.97 Å². The Morgan fingerprint density at radius 1 is 1.22 bits per heavy atom. The number of nitriles is 1. The Bertz CT molecular complexity index is 830. The van der Waals surface area contributed by atoms with Gasteiger partial charge in [-0.2, -0.15) is 9.57 Å². The zero-order chi connectivity index (χ0) is 20.8. The third kappa shape index (κ3) is 5.77. The lowest BCUT2D eigenvalue weighted by molar-refractivity contribution is -0.138. The molecule has 0 aliphatic heterocycles. The number of ether oxygens (including phenoxy) is 1. The lowest BCUT2D eigenvalue weighted by Crippen LogP contribution is -2.38. The van der Waals surface area contributed by atoms with Crippen LogP contribution >= 0.6 is 0 Å². The summed E-state index contributed by atoms with van der Waals surface area (Å²) in [5.41, 5.74) is 0.0348. The number of rotatable bonds is 8. The van der Waals surface area contributed by atoms with Crippen LogP contribution in [0.25, 0.3) is 0 Å². The smallest absolute Gasteiger partial charge is 0.338 e. The molecule has 0 aliphatic carbocycles. The number of carbonyl (C=O) groups excluding carboxylic acids is 2. The number of likely N-dealkylation sites (N-methyl/N-ethyl adjacent to an activating group) is 1. The van der Waals surface area contributed by atoms with Crippen LogP contribution in [0.15, 0.2) is 29.2 Å². The van der Waals surface area contributed by atoms with Gasteiger partial charge in [-0.3, -0.25) is 4.79 Å².